The van der Waals surface area contributed by atoms with Gasteiger partial charge in [-0.25, -0.2) is 0 Å². The Kier molecular flexibility index (Phi) is 2.75. The normalized spacial score (nSPS) is 10.5. The van der Waals surface area contributed by atoms with E-state index in [2.05, 4.69) is 37.5 Å². The smallest absolute Gasteiger partial charge is 0.0224 e. The van der Waals surface area contributed by atoms with Gasteiger partial charge >= 0.3 is 0 Å². The van der Waals surface area contributed by atoms with Crippen LogP contribution >= 0.6 is 0 Å². The van der Waals surface area contributed by atoms with Crippen molar-refractivity contribution in [2.24, 2.45) is 0 Å². The van der Waals surface area contributed by atoms with E-state index in [1.165, 1.54) is 30.8 Å². The molecule has 1 aromatic rings. The Morgan fingerprint density at radius 3 is 2.18 bits per heavy atom. The molecule has 0 unspecified atom stereocenters. The van der Waals surface area contributed by atoms with E-state index in [0.717, 1.165) is 0 Å². The predicted octanol–water partition coefficient (Wildman–Crippen LogP) is 2.91. The molecule has 0 aromatic carbocycles. The van der Waals surface area contributed by atoms with E-state index in [4.69, 9.17) is 0 Å². The van der Waals surface area contributed by atoms with Gasteiger partial charge in [0, 0.05) is 17.9 Å². The Labute approximate surface area is 69.0 Å². The van der Waals surface area contributed by atoms with Crippen molar-refractivity contribution in [2.45, 2.75) is 40.2 Å². The van der Waals surface area contributed by atoms with Crippen LogP contribution in [0.4, 0.5) is 0 Å². The Morgan fingerprint density at radius 1 is 1.18 bits per heavy atom. The number of hydrogen-bond acceptors (Lipinski definition) is 0. The minimum Gasteiger partial charge on any atom is -0.349 e. The van der Waals surface area contributed by atoms with E-state index in [0.29, 0.717) is 0 Å². The summed E-state index contributed by atoms with van der Waals surface area (Å²) in [5.74, 6) is 0. The SMILES string of the molecule is CCCCn1c(C)ccc1C. The van der Waals surface area contributed by atoms with Gasteiger partial charge in [0.15, 0.2) is 0 Å². The molecule has 1 heterocycles. The first-order chi connectivity index (χ1) is 5.25. The summed E-state index contributed by atoms with van der Waals surface area (Å²) < 4.78 is 2.38. The quantitative estimate of drug-likeness (QED) is 0.626. The maximum atomic E-state index is 2.38. The first-order valence-corrected chi connectivity index (χ1v) is 4.38. The highest BCUT2D eigenvalue weighted by Gasteiger charge is 1.98. The minimum atomic E-state index is 1.18. The van der Waals surface area contributed by atoms with Crippen LogP contribution in [0.5, 0.6) is 0 Å². The molecule has 0 atom stereocenters. The molecule has 0 saturated heterocycles. The van der Waals surface area contributed by atoms with Crippen LogP contribution in [0, 0.1) is 13.8 Å². The molecule has 62 valence electrons. The molecule has 0 spiro atoms. The van der Waals surface area contributed by atoms with Gasteiger partial charge in [0.25, 0.3) is 0 Å². The van der Waals surface area contributed by atoms with Crippen LogP contribution in [0.25, 0.3) is 0 Å². The van der Waals surface area contributed by atoms with Crippen molar-refractivity contribution in [1.29, 1.82) is 0 Å². The van der Waals surface area contributed by atoms with Gasteiger partial charge in [-0.1, -0.05) is 13.3 Å². The third kappa shape index (κ3) is 1.86. The van der Waals surface area contributed by atoms with Crippen LogP contribution in [-0.4, -0.2) is 4.57 Å². The second kappa shape index (κ2) is 3.61. The highest BCUT2D eigenvalue weighted by atomic mass is 15.0. The maximum absolute atomic E-state index is 2.38. The average molecular weight is 151 g/mol. The molecule has 11 heavy (non-hydrogen) atoms. The second-order valence-electron chi connectivity index (χ2n) is 3.12. The van der Waals surface area contributed by atoms with Crippen molar-refractivity contribution in [3.63, 3.8) is 0 Å². The van der Waals surface area contributed by atoms with Crippen molar-refractivity contribution in [1.82, 2.24) is 4.57 Å². The van der Waals surface area contributed by atoms with E-state index in [1.54, 1.807) is 0 Å². The van der Waals surface area contributed by atoms with Gasteiger partial charge in [0.05, 0.1) is 0 Å². The standard InChI is InChI=1S/C10H17N/c1-4-5-8-11-9(2)6-7-10(11)3/h6-7H,4-5,8H2,1-3H3. The summed E-state index contributed by atoms with van der Waals surface area (Å²) in [6.45, 7) is 7.75. The molecule has 0 fully saturated rings. The van der Waals surface area contributed by atoms with Crippen LogP contribution < -0.4 is 0 Å². The lowest BCUT2D eigenvalue weighted by Crippen LogP contribution is -2.01. The number of unbranched alkanes of at least 4 members (excludes halogenated alkanes) is 1. The third-order valence-corrected chi connectivity index (χ3v) is 2.15. The van der Waals surface area contributed by atoms with Gasteiger partial charge in [-0.15, -0.1) is 0 Å². The van der Waals surface area contributed by atoms with Crippen LogP contribution in [0.1, 0.15) is 31.2 Å². The first kappa shape index (κ1) is 8.38. The molecule has 0 radical (unpaired) electrons. The molecule has 0 aliphatic heterocycles. The number of aromatic nitrogens is 1. The highest BCUT2D eigenvalue weighted by Crippen LogP contribution is 2.08. The monoisotopic (exact) mass is 151 g/mol. The highest BCUT2D eigenvalue weighted by molar-refractivity contribution is 5.13. The molecule has 0 N–H and O–H groups in total. The summed E-state index contributed by atoms with van der Waals surface area (Å²) in [6, 6.07) is 4.37. The number of nitrogens with zero attached hydrogens (tertiary/aromatic N) is 1. The first-order valence-electron chi connectivity index (χ1n) is 4.38. The van der Waals surface area contributed by atoms with Crippen LogP contribution in [-0.2, 0) is 6.54 Å². The van der Waals surface area contributed by atoms with Crippen LogP contribution in [0.3, 0.4) is 0 Å². The van der Waals surface area contributed by atoms with Gasteiger partial charge in [0.2, 0.25) is 0 Å². The summed E-state index contributed by atoms with van der Waals surface area (Å²) in [5, 5.41) is 0. The molecule has 1 aromatic heterocycles. The second-order valence-corrected chi connectivity index (χ2v) is 3.12. The Bertz CT molecular complexity index is 203. The fourth-order valence-electron chi connectivity index (χ4n) is 1.37. The fourth-order valence-corrected chi connectivity index (χ4v) is 1.37. The molecule has 0 bridgehead atoms. The summed E-state index contributed by atoms with van der Waals surface area (Å²) in [6.07, 6.45) is 2.56. The lowest BCUT2D eigenvalue weighted by atomic mass is 10.3. The number of hydrogen-bond donors (Lipinski definition) is 0. The van der Waals surface area contributed by atoms with Gasteiger partial charge < -0.3 is 4.57 Å². The van der Waals surface area contributed by atoms with E-state index in [9.17, 15) is 0 Å². The lowest BCUT2D eigenvalue weighted by molar-refractivity contribution is 0.609. The van der Waals surface area contributed by atoms with Gasteiger partial charge in [-0.3, -0.25) is 0 Å². The molecule has 0 aliphatic rings. The molecule has 0 saturated carbocycles. The summed E-state index contributed by atoms with van der Waals surface area (Å²) >= 11 is 0. The molecule has 0 aliphatic carbocycles. The maximum Gasteiger partial charge on any atom is 0.0224 e. The topological polar surface area (TPSA) is 4.93 Å². The number of aryl methyl sites for hydroxylation is 2. The predicted molar refractivity (Wildman–Crippen MR) is 48.8 cm³/mol. The average Bonchev–Trinajstić information content (AvgIpc) is 2.29. The van der Waals surface area contributed by atoms with Crippen LogP contribution in [0.2, 0.25) is 0 Å². The van der Waals surface area contributed by atoms with Crippen molar-refractivity contribution in [3.05, 3.63) is 23.5 Å². The Morgan fingerprint density at radius 2 is 1.73 bits per heavy atom. The molecular formula is C10H17N. The molecular weight excluding hydrogens is 134 g/mol. The van der Waals surface area contributed by atoms with Crippen LogP contribution in [0.15, 0.2) is 12.1 Å². The van der Waals surface area contributed by atoms with Crippen molar-refractivity contribution >= 4 is 0 Å². The summed E-state index contributed by atoms with van der Waals surface area (Å²) in [4.78, 5) is 0. The third-order valence-electron chi connectivity index (χ3n) is 2.15. The van der Waals surface area contributed by atoms with E-state index in [1.807, 2.05) is 0 Å². The van der Waals surface area contributed by atoms with Gasteiger partial charge in [-0.2, -0.15) is 0 Å². The Hall–Kier alpha value is -0.720. The van der Waals surface area contributed by atoms with Gasteiger partial charge in [-0.05, 0) is 32.4 Å². The van der Waals surface area contributed by atoms with E-state index >= 15 is 0 Å². The van der Waals surface area contributed by atoms with Gasteiger partial charge in [0.1, 0.15) is 0 Å². The Balaban J connectivity index is 2.67. The fraction of sp³-hybridized carbons (Fsp3) is 0.600. The zero-order valence-corrected chi connectivity index (χ0v) is 7.72. The zero-order valence-electron chi connectivity index (χ0n) is 7.72. The van der Waals surface area contributed by atoms with Crippen molar-refractivity contribution < 1.29 is 0 Å². The molecule has 1 rings (SSSR count). The zero-order chi connectivity index (χ0) is 8.27. The molecule has 0 amide bonds. The summed E-state index contributed by atoms with van der Waals surface area (Å²) in [5.41, 5.74) is 2.77. The minimum absolute atomic E-state index is 1.18. The van der Waals surface area contributed by atoms with Crippen molar-refractivity contribution in [3.8, 4) is 0 Å². The largest absolute Gasteiger partial charge is 0.349 e. The van der Waals surface area contributed by atoms with E-state index < -0.39 is 0 Å². The molecule has 1 heteroatoms. The van der Waals surface area contributed by atoms with E-state index in [-0.39, 0.29) is 0 Å². The molecule has 1 nitrogen and oxygen atoms in total. The van der Waals surface area contributed by atoms with Crippen molar-refractivity contribution in [2.75, 3.05) is 0 Å². The summed E-state index contributed by atoms with van der Waals surface area (Å²) in [7, 11) is 0. The number of rotatable bonds is 3. The lowest BCUT2D eigenvalue weighted by Gasteiger charge is -2.07.